The Hall–Kier alpha value is -1.56. The molecular formula is C18H15ClF3IN2O3. The largest absolute Gasteiger partial charge is 0.390 e. The number of aliphatic hydroxyl groups is 1. The molecule has 0 aromatic heterocycles. The molecule has 0 spiro atoms. The molecule has 28 heavy (non-hydrogen) atoms. The maximum absolute atomic E-state index is 14.4. The average molecular weight is 527 g/mol. The van der Waals surface area contributed by atoms with E-state index in [1.807, 2.05) is 28.1 Å². The normalized spacial score (nSPS) is 14.6. The fraction of sp³-hybridized carbons (Fsp3) is 0.278. The van der Waals surface area contributed by atoms with E-state index in [4.69, 9.17) is 16.4 Å². The van der Waals surface area contributed by atoms with Crippen LogP contribution in [0.4, 0.5) is 24.5 Å². The zero-order chi connectivity index (χ0) is 20.5. The smallest absolute Gasteiger partial charge is 0.277 e. The Morgan fingerprint density at radius 2 is 1.96 bits per heavy atom. The van der Waals surface area contributed by atoms with Gasteiger partial charge in [0, 0.05) is 9.99 Å². The van der Waals surface area contributed by atoms with E-state index in [0.29, 0.717) is 25.3 Å². The van der Waals surface area contributed by atoms with Crippen LogP contribution >= 0.6 is 34.2 Å². The van der Waals surface area contributed by atoms with Crippen LogP contribution in [0.3, 0.4) is 0 Å². The second kappa shape index (κ2) is 8.44. The van der Waals surface area contributed by atoms with Gasteiger partial charge in [-0.15, -0.1) is 0 Å². The van der Waals surface area contributed by atoms with Crippen LogP contribution in [-0.4, -0.2) is 23.2 Å². The molecule has 5 nitrogen and oxygen atoms in total. The summed E-state index contributed by atoms with van der Waals surface area (Å²) in [5, 5.41) is 12.5. The lowest BCUT2D eigenvalue weighted by Gasteiger charge is -2.15. The molecule has 3 N–H and O–H groups in total. The van der Waals surface area contributed by atoms with Gasteiger partial charge >= 0.3 is 0 Å². The van der Waals surface area contributed by atoms with E-state index >= 15 is 0 Å². The Kier molecular flexibility index (Phi) is 6.37. The fourth-order valence-electron chi connectivity index (χ4n) is 2.43. The Bertz CT molecular complexity index is 925. The summed E-state index contributed by atoms with van der Waals surface area (Å²) in [7, 11) is 0. The van der Waals surface area contributed by atoms with Crippen molar-refractivity contribution in [2.24, 2.45) is 0 Å². The molecule has 0 atom stereocenters. The Morgan fingerprint density at radius 1 is 1.25 bits per heavy atom. The number of hydrogen-bond donors (Lipinski definition) is 3. The van der Waals surface area contributed by atoms with Crippen LogP contribution in [0.5, 0.6) is 0 Å². The van der Waals surface area contributed by atoms with Gasteiger partial charge in [0.05, 0.1) is 34.2 Å². The summed E-state index contributed by atoms with van der Waals surface area (Å²) < 4.78 is 42.6. The van der Waals surface area contributed by atoms with Crippen LogP contribution in [0.2, 0.25) is 5.02 Å². The van der Waals surface area contributed by atoms with Gasteiger partial charge < -0.3 is 10.4 Å². The molecule has 0 heterocycles. The fourth-order valence-corrected chi connectivity index (χ4v) is 3.33. The number of nitrogens with one attached hydrogen (secondary N) is 2. The highest BCUT2D eigenvalue weighted by Crippen LogP contribution is 2.38. The number of hydrogen-bond acceptors (Lipinski definition) is 4. The van der Waals surface area contributed by atoms with Crippen LogP contribution in [0.25, 0.3) is 0 Å². The standard InChI is InChI=1S/C18H15ClF3IN2O3/c19-11-7-9(23)1-2-13(11)24-16-10(8-12(20)14(21)15(16)22)17(26)25-28-6-5-18(27)3-4-18/h1-2,7-8,24,27H,3-6H2,(H,25,26). The first-order valence-corrected chi connectivity index (χ1v) is 9.70. The summed E-state index contributed by atoms with van der Waals surface area (Å²) in [5.41, 5.74) is 0.396. The van der Waals surface area contributed by atoms with Gasteiger partial charge in [-0.25, -0.2) is 18.7 Å². The first kappa shape index (κ1) is 21.2. The van der Waals surface area contributed by atoms with Crippen molar-refractivity contribution in [3.05, 3.63) is 55.9 Å². The van der Waals surface area contributed by atoms with Crippen LogP contribution in [-0.2, 0) is 4.84 Å². The van der Waals surface area contributed by atoms with Gasteiger partial charge in [-0.05, 0) is 59.7 Å². The number of halogens is 5. The highest BCUT2D eigenvalue weighted by molar-refractivity contribution is 14.1. The van der Waals surface area contributed by atoms with Crippen molar-refractivity contribution in [2.75, 3.05) is 11.9 Å². The van der Waals surface area contributed by atoms with Crippen LogP contribution in [0.1, 0.15) is 29.6 Å². The molecule has 1 aliphatic carbocycles. The highest BCUT2D eigenvalue weighted by Gasteiger charge is 2.39. The molecule has 150 valence electrons. The van der Waals surface area contributed by atoms with Gasteiger partial charge in [0.2, 0.25) is 0 Å². The second-order valence-electron chi connectivity index (χ2n) is 6.41. The molecule has 2 aromatic rings. The molecule has 3 rings (SSSR count). The summed E-state index contributed by atoms with van der Waals surface area (Å²) in [6.07, 6.45) is 1.62. The van der Waals surface area contributed by atoms with E-state index in [0.717, 1.165) is 3.57 Å². The third-order valence-corrected chi connectivity index (χ3v) is 5.24. The van der Waals surface area contributed by atoms with E-state index in [1.54, 1.807) is 12.1 Å². The van der Waals surface area contributed by atoms with Gasteiger partial charge in [-0.2, -0.15) is 0 Å². The van der Waals surface area contributed by atoms with E-state index < -0.39 is 40.2 Å². The first-order chi connectivity index (χ1) is 13.2. The summed E-state index contributed by atoms with van der Waals surface area (Å²) in [6, 6.07) is 5.32. The molecule has 1 fully saturated rings. The highest BCUT2D eigenvalue weighted by atomic mass is 127. The molecule has 1 saturated carbocycles. The number of carbonyl (C=O) groups is 1. The van der Waals surface area contributed by atoms with Crippen molar-refractivity contribution in [2.45, 2.75) is 24.9 Å². The maximum Gasteiger partial charge on any atom is 0.277 e. The summed E-state index contributed by atoms with van der Waals surface area (Å²) in [5.74, 6) is -5.79. The summed E-state index contributed by atoms with van der Waals surface area (Å²) in [6.45, 7) is 0.0140. The number of anilines is 2. The predicted molar refractivity (Wildman–Crippen MR) is 106 cm³/mol. The minimum atomic E-state index is -1.72. The van der Waals surface area contributed by atoms with Crippen LogP contribution < -0.4 is 10.8 Å². The lowest BCUT2D eigenvalue weighted by atomic mass is 10.1. The molecule has 1 aliphatic rings. The monoisotopic (exact) mass is 526 g/mol. The number of amides is 1. The third kappa shape index (κ3) is 4.88. The summed E-state index contributed by atoms with van der Waals surface area (Å²) >= 11 is 8.10. The molecular weight excluding hydrogens is 512 g/mol. The number of hydroxylamine groups is 1. The molecule has 2 aromatic carbocycles. The van der Waals surface area contributed by atoms with E-state index in [-0.39, 0.29) is 17.3 Å². The van der Waals surface area contributed by atoms with Crippen molar-refractivity contribution >= 4 is 51.5 Å². The van der Waals surface area contributed by atoms with Gasteiger partial charge in [0.15, 0.2) is 17.5 Å². The van der Waals surface area contributed by atoms with Gasteiger partial charge in [-0.1, -0.05) is 11.6 Å². The molecule has 0 aliphatic heterocycles. The van der Waals surface area contributed by atoms with Gasteiger partial charge in [0.25, 0.3) is 5.91 Å². The Labute approximate surface area is 177 Å². The number of rotatable bonds is 7. The molecule has 0 bridgehead atoms. The molecule has 10 heteroatoms. The lowest BCUT2D eigenvalue weighted by Crippen LogP contribution is -2.27. The SMILES string of the molecule is O=C(NOCCC1(O)CC1)c1cc(F)c(F)c(F)c1Nc1ccc(I)cc1Cl. The van der Waals surface area contributed by atoms with Gasteiger partial charge in [-0.3, -0.25) is 9.63 Å². The quantitative estimate of drug-likeness (QED) is 0.212. The van der Waals surface area contributed by atoms with Crippen molar-refractivity contribution in [1.29, 1.82) is 0 Å². The predicted octanol–water partition coefficient (Wildman–Crippen LogP) is 4.68. The Balaban J connectivity index is 1.81. The van der Waals surface area contributed by atoms with Crippen LogP contribution in [0.15, 0.2) is 24.3 Å². The minimum Gasteiger partial charge on any atom is -0.390 e. The topological polar surface area (TPSA) is 70.6 Å². The van der Waals surface area contributed by atoms with Crippen molar-refractivity contribution in [3.8, 4) is 0 Å². The van der Waals surface area contributed by atoms with Crippen LogP contribution in [0, 0.1) is 21.0 Å². The number of benzene rings is 2. The minimum absolute atomic E-state index is 0.0140. The molecule has 0 radical (unpaired) electrons. The molecule has 1 amide bonds. The first-order valence-electron chi connectivity index (χ1n) is 8.24. The van der Waals surface area contributed by atoms with E-state index in [2.05, 4.69) is 5.32 Å². The third-order valence-electron chi connectivity index (χ3n) is 4.26. The van der Waals surface area contributed by atoms with Crippen molar-refractivity contribution < 1.29 is 27.9 Å². The zero-order valence-corrected chi connectivity index (χ0v) is 17.2. The summed E-state index contributed by atoms with van der Waals surface area (Å²) in [4.78, 5) is 17.3. The van der Waals surface area contributed by atoms with E-state index in [1.165, 1.54) is 6.07 Å². The van der Waals surface area contributed by atoms with Crippen molar-refractivity contribution in [3.63, 3.8) is 0 Å². The van der Waals surface area contributed by atoms with Gasteiger partial charge in [0.1, 0.15) is 0 Å². The molecule has 0 unspecified atom stereocenters. The average Bonchev–Trinajstić information content (AvgIpc) is 3.38. The zero-order valence-electron chi connectivity index (χ0n) is 14.3. The maximum atomic E-state index is 14.4. The van der Waals surface area contributed by atoms with E-state index in [9.17, 15) is 23.1 Å². The number of carbonyl (C=O) groups excluding carboxylic acids is 1. The Morgan fingerprint density at radius 3 is 2.61 bits per heavy atom. The second-order valence-corrected chi connectivity index (χ2v) is 8.06. The van der Waals surface area contributed by atoms with Crippen molar-refractivity contribution in [1.82, 2.24) is 5.48 Å². The lowest BCUT2D eigenvalue weighted by molar-refractivity contribution is 0.0120. The molecule has 0 saturated heterocycles.